The van der Waals surface area contributed by atoms with Crippen LogP contribution in [0.25, 0.3) is 0 Å². The minimum Gasteiger partial charge on any atom is -0.508 e. The number of aromatic hydroxyl groups is 1. The Morgan fingerprint density at radius 3 is 2.72 bits per heavy atom. The van der Waals surface area contributed by atoms with Crippen LogP contribution in [0.2, 0.25) is 0 Å². The summed E-state index contributed by atoms with van der Waals surface area (Å²) in [5.41, 5.74) is 2.40. The van der Waals surface area contributed by atoms with E-state index in [0.717, 1.165) is 36.7 Å². The smallest absolute Gasteiger partial charge is 0.124 e. The Morgan fingerprint density at radius 2 is 1.96 bits per heavy atom. The number of rotatable bonds is 3. The van der Waals surface area contributed by atoms with E-state index in [0.29, 0.717) is 5.75 Å². The predicted molar refractivity (Wildman–Crippen MR) is 98.1 cm³/mol. The molecule has 2 bridgehead atoms. The molecular formula is C22H25NO2. The molecule has 1 N–H and O–H groups in total. The monoisotopic (exact) mass is 335 g/mol. The second-order valence-electron chi connectivity index (χ2n) is 8.06. The molecule has 0 radical (unpaired) electrons. The van der Waals surface area contributed by atoms with Gasteiger partial charge in [-0.15, -0.1) is 0 Å². The van der Waals surface area contributed by atoms with Crippen molar-refractivity contribution >= 4 is 0 Å². The molecule has 2 heterocycles. The number of benzene rings is 2. The highest BCUT2D eigenvalue weighted by Crippen LogP contribution is 2.49. The van der Waals surface area contributed by atoms with Crippen molar-refractivity contribution in [1.29, 1.82) is 0 Å². The first-order valence-corrected chi connectivity index (χ1v) is 9.51. The zero-order valence-corrected chi connectivity index (χ0v) is 14.5. The highest BCUT2D eigenvalue weighted by atomic mass is 16.5. The van der Waals surface area contributed by atoms with E-state index in [4.69, 9.17) is 4.74 Å². The molecule has 2 aromatic carbocycles. The summed E-state index contributed by atoms with van der Waals surface area (Å²) in [4.78, 5) is 2.61. The van der Waals surface area contributed by atoms with Gasteiger partial charge < -0.3 is 9.84 Å². The summed E-state index contributed by atoms with van der Waals surface area (Å²) >= 11 is 0. The molecule has 2 aliphatic heterocycles. The standard InChI is InChI=1S/C22H25NO2/c24-18-9-10-21-20(11-18)22(17-7-2-1-3-8-17)12-19(25-21)14-23(15-22)13-16-5-4-6-16/h1-3,7-11,16,19,24H,4-6,12-15H2. The van der Waals surface area contributed by atoms with Crippen molar-refractivity contribution in [3.63, 3.8) is 0 Å². The van der Waals surface area contributed by atoms with Gasteiger partial charge in [0.2, 0.25) is 0 Å². The summed E-state index contributed by atoms with van der Waals surface area (Å²) in [6.45, 7) is 3.22. The molecule has 2 aromatic rings. The number of piperidine rings is 1. The van der Waals surface area contributed by atoms with E-state index in [1.165, 1.54) is 31.4 Å². The van der Waals surface area contributed by atoms with Gasteiger partial charge in [0.05, 0.1) is 0 Å². The van der Waals surface area contributed by atoms with Crippen molar-refractivity contribution in [3.8, 4) is 11.5 Å². The number of nitrogens with zero attached hydrogens (tertiary/aromatic N) is 1. The highest BCUT2D eigenvalue weighted by Gasteiger charge is 2.48. The Labute approximate surface area is 149 Å². The van der Waals surface area contributed by atoms with Crippen LogP contribution in [0, 0.1) is 5.92 Å². The van der Waals surface area contributed by atoms with Crippen molar-refractivity contribution < 1.29 is 9.84 Å². The van der Waals surface area contributed by atoms with Gasteiger partial charge in [-0.25, -0.2) is 0 Å². The Hall–Kier alpha value is -2.00. The average molecular weight is 335 g/mol. The van der Waals surface area contributed by atoms with Gasteiger partial charge in [-0.2, -0.15) is 0 Å². The normalized spacial score (nSPS) is 28.7. The minimum atomic E-state index is -0.0831. The summed E-state index contributed by atoms with van der Waals surface area (Å²) in [6.07, 6.45) is 5.36. The van der Waals surface area contributed by atoms with Gasteiger partial charge >= 0.3 is 0 Å². The Kier molecular flexibility index (Phi) is 3.53. The number of ether oxygens (including phenoxy) is 1. The SMILES string of the molecule is Oc1ccc2c(c1)C1(c3ccccc3)CC(CN(CC3CCC3)C1)O2. The summed E-state index contributed by atoms with van der Waals surface area (Å²) in [6, 6.07) is 16.4. The molecule has 2 atom stereocenters. The summed E-state index contributed by atoms with van der Waals surface area (Å²) in [7, 11) is 0. The van der Waals surface area contributed by atoms with Crippen molar-refractivity contribution in [2.45, 2.75) is 37.2 Å². The lowest BCUT2D eigenvalue weighted by atomic mass is 9.66. The van der Waals surface area contributed by atoms with Crippen molar-refractivity contribution in [1.82, 2.24) is 4.90 Å². The molecule has 2 fully saturated rings. The molecule has 3 nitrogen and oxygen atoms in total. The molecule has 0 amide bonds. The molecule has 130 valence electrons. The van der Waals surface area contributed by atoms with E-state index < -0.39 is 0 Å². The third-order valence-corrected chi connectivity index (χ3v) is 6.37. The molecule has 3 heteroatoms. The van der Waals surface area contributed by atoms with Gasteiger partial charge in [0, 0.05) is 37.0 Å². The lowest BCUT2D eigenvalue weighted by Crippen LogP contribution is -2.57. The highest BCUT2D eigenvalue weighted by molar-refractivity contribution is 5.53. The van der Waals surface area contributed by atoms with Gasteiger partial charge in [-0.05, 0) is 42.5 Å². The zero-order valence-electron chi connectivity index (χ0n) is 14.5. The van der Waals surface area contributed by atoms with Gasteiger partial charge in [0.25, 0.3) is 0 Å². The topological polar surface area (TPSA) is 32.7 Å². The number of phenols is 1. The fourth-order valence-electron chi connectivity index (χ4n) is 5.00. The third kappa shape index (κ3) is 2.53. The molecule has 0 aromatic heterocycles. The summed E-state index contributed by atoms with van der Waals surface area (Å²) < 4.78 is 6.31. The molecule has 3 aliphatic rings. The van der Waals surface area contributed by atoms with E-state index in [1.807, 2.05) is 12.1 Å². The Morgan fingerprint density at radius 1 is 1.12 bits per heavy atom. The van der Waals surface area contributed by atoms with Crippen LogP contribution in [0.5, 0.6) is 11.5 Å². The third-order valence-electron chi connectivity index (χ3n) is 6.37. The fourth-order valence-corrected chi connectivity index (χ4v) is 5.00. The van der Waals surface area contributed by atoms with E-state index >= 15 is 0 Å². The van der Waals surface area contributed by atoms with Gasteiger partial charge in [0.1, 0.15) is 17.6 Å². The number of likely N-dealkylation sites (tertiary alicyclic amines) is 1. The van der Waals surface area contributed by atoms with Gasteiger partial charge in [-0.1, -0.05) is 36.8 Å². The van der Waals surface area contributed by atoms with Crippen LogP contribution in [0.4, 0.5) is 0 Å². The second-order valence-corrected chi connectivity index (χ2v) is 8.06. The van der Waals surface area contributed by atoms with Gasteiger partial charge in [0.15, 0.2) is 0 Å². The first-order chi connectivity index (χ1) is 12.2. The van der Waals surface area contributed by atoms with Crippen molar-refractivity contribution in [3.05, 3.63) is 59.7 Å². The average Bonchev–Trinajstić information content (AvgIpc) is 2.60. The second kappa shape index (κ2) is 5.77. The molecule has 1 saturated carbocycles. The summed E-state index contributed by atoms with van der Waals surface area (Å²) in [5.74, 6) is 2.13. The quantitative estimate of drug-likeness (QED) is 0.922. The molecule has 2 unspecified atom stereocenters. The number of phenolic OH excluding ortho intramolecular Hbond substituents is 1. The summed E-state index contributed by atoms with van der Waals surface area (Å²) in [5, 5.41) is 10.1. The maximum absolute atomic E-state index is 10.1. The Bertz CT molecular complexity index is 771. The van der Waals surface area contributed by atoms with E-state index in [9.17, 15) is 5.11 Å². The lowest BCUT2D eigenvalue weighted by Gasteiger charge is -2.51. The fraction of sp³-hybridized carbons (Fsp3) is 0.455. The minimum absolute atomic E-state index is 0.0831. The maximum atomic E-state index is 10.1. The van der Waals surface area contributed by atoms with E-state index in [1.54, 1.807) is 6.07 Å². The number of hydrogen-bond acceptors (Lipinski definition) is 3. The zero-order chi connectivity index (χ0) is 16.9. The van der Waals surface area contributed by atoms with Crippen LogP contribution in [0.1, 0.15) is 36.8 Å². The van der Waals surface area contributed by atoms with Crippen LogP contribution in [-0.4, -0.2) is 35.7 Å². The largest absolute Gasteiger partial charge is 0.508 e. The van der Waals surface area contributed by atoms with Crippen LogP contribution >= 0.6 is 0 Å². The van der Waals surface area contributed by atoms with Crippen molar-refractivity contribution in [2.75, 3.05) is 19.6 Å². The van der Waals surface area contributed by atoms with E-state index in [-0.39, 0.29) is 11.5 Å². The van der Waals surface area contributed by atoms with Crippen LogP contribution < -0.4 is 4.74 Å². The van der Waals surface area contributed by atoms with Crippen LogP contribution in [-0.2, 0) is 5.41 Å². The molecule has 5 rings (SSSR count). The predicted octanol–water partition coefficient (Wildman–Crippen LogP) is 3.95. The Balaban J connectivity index is 1.60. The first-order valence-electron chi connectivity index (χ1n) is 9.51. The molecule has 1 saturated heterocycles. The van der Waals surface area contributed by atoms with Crippen LogP contribution in [0.15, 0.2) is 48.5 Å². The number of fused-ring (bicyclic) bond motifs is 4. The van der Waals surface area contributed by atoms with Crippen molar-refractivity contribution in [2.24, 2.45) is 5.92 Å². The first kappa shape index (κ1) is 15.3. The van der Waals surface area contributed by atoms with Gasteiger partial charge in [-0.3, -0.25) is 4.90 Å². The molecule has 1 aliphatic carbocycles. The maximum Gasteiger partial charge on any atom is 0.124 e. The van der Waals surface area contributed by atoms with E-state index in [2.05, 4.69) is 35.2 Å². The molecule has 0 spiro atoms. The number of hydrogen-bond donors (Lipinski definition) is 1. The molecule has 25 heavy (non-hydrogen) atoms. The lowest BCUT2D eigenvalue weighted by molar-refractivity contribution is 0.0169. The molecular weight excluding hydrogens is 310 g/mol. The van der Waals surface area contributed by atoms with Crippen LogP contribution in [0.3, 0.4) is 0 Å².